The van der Waals surface area contributed by atoms with Gasteiger partial charge in [-0.25, -0.2) is 4.39 Å². The number of rotatable bonds is 4. The summed E-state index contributed by atoms with van der Waals surface area (Å²) in [6.45, 7) is 3.05. The van der Waals surface area contributed by atoms with E-state index in [-0.39, 0.29) is 11.4 Å². The Morgan fingerprint density at radius 1 is 1.21 bits per heavy atom. The molecule has 24 heavy (non-hydrogen) atoms. The van der Waals surface area contributed by atoms with Crippen LogP contribution in [0.15, 0.2) is 36.5 Å². The van der Waals surface area contributed by atoms with Crippen LogP contribution in [-0.4, -0.2) is 40.3 Å². The van der Waals surface area contributed by atoms with E-state index >= 15 is 0 Å². The Bertz CT molecular complexity index is 714. The van der Waals surface area contributed by atoms with Gasteiger partial charge in [0.25, 0.3) is 0 Å². The molecule has 3 heterocycles. The zero-order valence-electron chi connectivity index (χ0n) is 13.5. The molecule has 0 saturated carbocycles. The van der Waals surface area contributed by atoms with Crippen molar-refractivity contribution < 1.29 is 4.39 Å². The third-order valence-corrected chi connectivity index (χ3v) is 5.62. The maximum atomic E-state index is 13.9. The van der Waals surface area contributed by atoms with Crippen LogP contribution in [0.5, 0.6) is 0 Å². The summed E-state index contributed by atoms with van der Waals surface area (Å²) in [4.78, 5) is 4.60. The Morgan fingerprint density at radius 2 is 2.00 bits per heavy atom. The van der Waals surface area contributed by atoms with Gasteiger partial charge in [0, 0.05) is 18.3 Å². The van der Waals surface area contributed by atoms with E-state index in [1.54, 1.807) is 12.3 Å². The lowest BCUT2D eigenvalue weighted by molar-refractivity contribution is 0.203. The fraction of sp³-hybridized carbons (Fsp3) is 0.444. The van der Waals surface area contributed by atoms with Gasteiger partial charge in [-0.2, -0.15) is 5.10 Å². The van der Waals surface area contributed by atoms with Crippen molar-refractivity contribution in [3.63, 3.8) is 0 Å². The number of anilines is 2. The fourth-order valence-electron chi connectivity index (χ4n) is 4.20. The van der Waals surface area contributed by atoms with Crippen molar-refractivity contribution in [2.45, 2.75) is 31.2 Å². The summed E-state index contributed by atoms with van der Waals surface area (Å²) >= 11 is 6.40. The van der Waals surface area contributed by atoms with E-state index in [0.717, 1.165) is 32.5 Å². The van der Waals surface area contributed by atoms with Crippen molar-refractivity contribution in [3.05, 3.63) is 47.4 Å². The fourth-order valence-corrected chi connectivity index (χ4v) is 4.42. The molecular formula is C18H20ClFN4. The molecule has 6 heteroatoms. The van der Waals surface area contributed by atoms with Crippen LogP contribution < -0.4 is 4.90 Å². The molecule has 126 valence electrons. The number of benzene rings is 1. The molecule has 0 bridgehead atoms. The van der Waals surface area contributed by atoms with Gasteiger partial charge in [-0.05, 0) is 69.1 Å². The zero-order chi connectivity index (χ0) is 16.6. The summed E-state index contributed by atoms with van der Waals surface area (Å²) in [5.74, 6) is 0.411. The largest absolute Gasteiger partial charge is 0.322 e. The van der Waals surface area contributed by atoms with E-state index in [1.807, 2.05) is 17.0 Å². The molecule has 4 nitrogen and oxygen atoms in total. The Hall–Kier alpha value is -1.72. The predicted molar refractivity (Wildman–Crippen MR) is 93.2 cm³/mol. The van der Waals surface area contributed by atoms with Crippen LogP contribution in [0.25, 0.3) is 0 Å². The van der Waals surface area contributed by atoms with Crippen LogP contribution >= 0.6 is 11.6 Å². The number of hydrogen-bond acceptors (Lipinski definition) is 4. The van der Waals surface area contributed by atoms with Gasteiger partial charge in [0.1, 0.15) is 5.82 Å². The summed E-state index contributed by atoms with van der Waals surface area (Å²) in [7, 11) is 0. The third kappa shape index (κ3) is 2.76. The Kier molecular flexibility index (Phi) is 4.14. The maximum Gasteiger partial charge on any atom is 0.155 e. The molecule has 4 rings (SSSR count). The van der Waals surface area contributed by atoms with Crippen molar-refractivity contribution in [2.75, 3.05) is 24.5 Å². The molecule has 2 aliphatic heterocycles. The molecule has 2 saturated heterocycles. The van der Waals surface area contributed by atoms with Gasteiger partial charge in [0.2, 0.25) is 0 Å². The summed E-state index contributed by atoms with van der Waals surface area (Å²) in [6, 6.07) is 8.23. The van der Waals surface area contributed by atoms with E-state index in [1.165, 1.54) is 25.0 Å². The Labute approximate surface area is 146 Å². The summed E-state index contributed by atoms with van der Waals surface area (Å²) < 4.78 is 13.9. The average Bonchev–Trinajstić information content (AvgIpc) is 3.16. The quantitative estimate of drug-likeness (QED) is 0.836. The SMILES string of the molecule is Fc1ccc(Cl)c(N(CC23CCCN2CCC3)c2cccnn2)c1. The van der Waals surface area contributed by atoms with Gasteiger partial charge < -0.3 is 4.90 Å². The van der Waals surface area contributed by atoms with Crippen LogP contribution in [-0.2, 0) is 0 Å². The molecule has 0 unspecified atom stereocenters. The summed E-state index contributed by atoms with van der Waals surface area (Å²) in [5, 5.41) is 8.78. The number of nitrogens with zero attached hydrogens (tertiary/aromatic N) is 4. The lowest BCUT2D eigenvalue weighted by Crippen LogP contribution is -2.47. The van der Waals surface area contributed by atoms with Crippen LogP contribution in [0.2, 0.25) is 5.02 Å². The van der Waals surface area contributed by atoms with E-state index < -0.39 is 0 Å². The first-order valence-electron chi connectivity index (χ1n) is 8.43. The standard InChI is InChI=1S/C18H20ClFN4/c19-15-6-5-14(20)12-16(15)24(17-4-1-9-21-22-17)13-18-7-2-10-23(18)11-3-8-18/h1,4-6,9,12H,2-3,7-8,10-11,13H2. The molecule has 2 fully saturated rings. The van der Waals surface area contributed by atoms with Crippen LogP contribution in [0.3, 0.4) is 0 Å². The van der Waals surface area contributed by atoms with Gasteiger partial charge in [-0.3, -0.25) is 4.90 Å². The van der Waals surface area contributed by atoms with E-state index in [0.29, 0.717) is 16.5 Å². The van der Waals surface area contributed by atoms with Crippen LogP contribution in [0.1, 0.15) is 25.7 Å². The van der Waals surface area contributed by atoms with Gasteiger partial charge in [0.05, 0.1) is 10.7 Å². The molecule has 0 aliphatic carbocycles. The van der Waals surface area contributed by atoms with Crippen molar-refractivity contribution in [3.8, 4) is 0 Å². The number of fused-ring (bicyclic) bond motifs is 1. The van der Waals surface area contributed by atoms with E-state index in [9.17, 15) is 4.39 Å². The first-order chi connectivity index (χ1) is 11.7. The number of halogens is 2. The normalized spacial score (nSPS) is 19.4. The smallest absolute Gasteiger partial charge is 0.155 e. The van der Waals surface area contributed by atoms with Crippen LogP contribution in [0, 0.1) is 5.82 Å². The van der Waals surface area contributed by atoms with E-state index in [4.69, 9.17) is 11.6 Å². The number of aromatic nitrogens is 2. The molecule has 0 atom stereocenters. The molecule has 2 aliphatic rings. The second kappa shape index (κ2) is 6.30. The average molecular weight is 347 g/mol. The van der Waals surface area contributed by atoms with Crippen molar-refractivity contribution in [2.24, 2.45) is 0 Å². The lowest BCUT2D eigenvalue weighted by Gasteiger charge is -2.38. The molecule has 0 spiro atoms. The van der Waals surface area contributed by atoms with Gasteiger partial charge in [0.15, 0.2) is 5.82 Å². The molecular weight excluding hydrogens is 327 g/mol. The minimum atomic E-state index is -0.296. The first-order valence-corrected chi connectivity index (χ1v) is 8.81. The highest BCUT2D eigenvalue weighted by Crippen LogP contribution is 2.42. The molecule has 0 radical (unpaired) electrons. The minimum Gasteiger partial charge on any atom is -0.322 e. The van der Waals surface area contributed by atoms with Gasteiger partial charge in [-0.1, -0.05) is 11.6 Å². The molecule has 2 aromatic rings. The first kappa shape index (κ1) is 15.8. The Morgan fingerprint density at radius 3 is 2.71 bits per heavy atom. The van der Waals surface area contributed by atoms with Crippen molar-refractivity contribution in [1.29, 1.82) is 0 Å². The van der Waals surface area contributed by atoms with Crippen molar-refractivity contribution in [1.82, 2.24) is 15.1 Å². The minimum absolute atomic E-state index is 0.132. The van der Waals surface area contributed by atoms with Crippen molar-refractivity contribution >= 4 is 23.1 Å². The highest BCUT2D eigenvalue weighted by atomic mass is 35.5. The van der Waals surface area contributed by atoms with E-state index in [2.05, 4.69) is 15.1 Å². The molecule has 0 amide bonds. The summed E-state index contributed by atoms with van der Waals surface area (Å²) in [5.41, 5.74) is 0.790. The van der Waals surface area contributed by atoms with Crippen LogP contribution in [0.4, 0.5) is 15.9 Å². The molecule has 1 aromatic heterocycles. The van der Waals surface area contributed by atoms with Gasteiger partial charge >= 0.3 is 0 Å². The second-order valence-electron chi connectivity index (χ2n) is 6.68. The maximum absolute atomic E-state index is 13.9. The third-order valence-electron chi connectivity index (χ3n) is 5.30. The highest BCUT2D eigenvalue weighted by Gasteiger charge is 2.45. The highest BCUT2D eigenvalue weighted by molar-refractivity contribution is 6.33. The number of hydrogen-bond donors (Lipinski definition) is 0. The molecule has 0 N–H and O–H groups in total. The Balaban J connectivity index is 1.75. The van der Waals surface area contributed by atoms with Gasteiger partial charge in [-0.15, -0.1) is 5.10 Å². The zero-order valence-corrected chi connectivity index (χ0v) is 14.2. The predicted octanol–water partition coefficient (Wildman–Crippen LogP) is 4.04. The second-order valence-corrected chi connectivity index (χ2v) is 7.09. The topological polar surface area (TPSA) is 32.3 Å². The molecule has 1 aromatic carbocycles. The monoisotopic (exact) mass is 346 g/mol. The summed E-state index contributed by atoms with van der Waals surface area (Å²) in [6.07, 6.45) is 6.40. The lowest BCUT2D eigenvalue weighted by atomic mass is 9.93.